The molecule has 0 saturated carbocycles. The first-order valence-corrected chi connectivity index (χ1v) is 9.22. The van der Waals surface area contributed by atoms with E-state index >= 15 is 0 Å². The van der Waals surface area contributed by atoms with E-state index in [0.717, 1.165) is 24.1 Å². The molecule has 0 aliphatic rings. The maximum absolute atomic E-state index is 12.5. The highest BCUT2D eigenvalue weighted by atomic mass is 32.2. The minimum Gasteiger partial charge on any atom is -0.497 e. The van der Waals surface area contributed by atoms with Crippen molar-refractivity contribution in [2.75, 3.05) is 11.8 Å². The Morgan fingerprint density at radius 2 is 1.84 bits per heavy atom. The third-order valence-electron chi connectivity index (χ3n) is 4.00. The lowest BCUT2D eigenvalue weighted by Crippen LogP contribution is -2.15. The summed E-state index contributed by atoms with van der Waals surface area (Å²) in [7, 11) is -2.75. The lowest BCUT2D eigenvalue weighted by atomic mass is 9.99. The molecule has 0 amide bonds. The van der Waals surface area contributed by atoms with Crippen LogP contribution in [0.1, 0.15) is 31.7 Å². The number of methoxy groups -OCH3 is 1. The number of nitrogens with one attached hydrogen (secondary N) is 1. The summed E-state index contributed by atoms with van der Waals surface area (Å²) in [5, 5.41) is 11.2. The van der Waals surface area contributed by atoms with Crippen molar-refractivity contribution < 1.29 is 18.1 Å². The fraction of sp³-hybridized carbons (Fsp3) is 0.294. The van der Waals surface area contributed by atoms with Gasteiger partial charge in [-0.25, -0.2) is 8.42 Å². The number of nitro benzene ring substituents is 1. The van der Waals surface area contributed by atoms with Crippen LogP contribution in [0.2, 0.25) is 0 Å². The van der Waals surface area contributed by atoms with Gasteiger partial charge in [-0.1, -0.05) is 26.0 Å². The zero-order chi connectivity index (χ0) is 18.6. The van der Waals surface area contributed by atoms with Crippen LogP contribution >= 0.6 is 0 Å². The molecule has 0 spiro atoms. The maximum Gasteiger partial charge on any atom is 0.293 e. The monoisotopic (exact) mass is 364 g/mol. The summed E-state index contributed by atoms with van der Waals surface area (Å²) >= 11 is 0. The van der Waals surface area contributed by atoms with Crippen molar-refractivity contribution in [2.45, 2.75) is 31.1 Å². The standard InChI is InChI=1S/C17H20N2O5S/c1-4-12(2)13-5-7-14(8-6-13)18-25(22,23)17-10-9-15(24-3)11-16(17)19(20)21/h5-12,18H,4H2,1-3H3. The zero-order valence-corrected chi connectivity index (χ0v) is 15.0. The molecule has 0 heterocycles. The molecule has 7 nitrogen and oxygen atoms in total. The van der Waals surface area contributed by atoms with Crippen molar-refractivity contribution in [3.8, 4) is 5.75 Å². The Balaban J connectivity index is 2.35. The lowest BCUT2D eigenvalue weighted by Gasteiger charge is -2.12. The highest BCUT2D eigenvalue weighted by Crippen LogP contribution is 2.30. The van der Waals surface area contributed by atoms with Crippen molar-refractivity contribution in [3.63, 3.8) is 0 Å². The second-order valence-electron chi connectivity index (χ2n) is 5.63. The van der Waals surface area contributed by atoms with Gasteiger partial charge < -0.3 is 4.74 Å². The Morgan fingerprint density at radius 1 is 1.20 bits per heavy atom. The largest absolute Gasteiger partial charge is 0.497 e. The van der Waals surface area contributed by atoms with Gasteiger partial charge in [0.2, 0.25) is 0 Å². The number of rotatable bonds is 7. The molecule has 0 fully saturated rings. The van der Waals surface area contributed by atoms with E-state index in [-0.39, 0.29) is 5.75 Å². The number of hydrogen-bond acceptors (Lipinski definition) is 5. The smallest absolute Gasteiger partial charge is 0.293 e. The van der Waals surface area contributed by atoms with Crippen LogP contribution < -0.4 is 9.46 Å². The van der Waals surface area contributed by atoms with E-state index in [1.807, 2.05) is 12.1 Å². The Labute approximate surface area is 146 Å². The molecule has 0 radical (unpaired) electrons. The molecule has 0 aliphatic heterocycles. The third-order valence-corrected chi connectivity index (χ3v) is 5.43. The van der Waals surface area contributed by atoms with Crippen molar-refractivity contribution in [1.29, 1.82) is 0 Å². The normalized spacial score (nSPS) is 12.4. The topological polar surface area (TPSA) is 98.5 Å². The summed E-state index contributed by atoms with van der Waals surface area (Å²) in [5.41, 5.74) is 0.904. The van der Waals surface area contributed by atoms with Crippen LogP contribution in [0.5, 0.6) is 5.75 Å². The Kier molecular flexibility index (Phi) is 5.63. The summed E-state index contributed by atoms with van der Waals surface area (Å²) in [6.45, 7) is 4.16. The molecule has 0 aliphatic carbocycles. The molecule has 2 aromatic rings. The Hall–Kier alpha value is -2.61. The van der Waals surface area contributed by atoms with Crippen molar-refractivity contribution >= 4 is 21.4 Å². The summed E-state index contributed by atoms with van der Waals surface area (Å²) in [4.78, 5) is 10.0. The summed E-state index contributed by atoms with van der Waals surface area (Å²) in [5.74, 6) is 0.580. The van der Waals surface area contributed by atoms with Crippen LogP contribution in [0.4, 0.5) is 11.4 Å². The molecule has 2 aromatic carbocycles. The molecule has 0 bridgehead atoms. The van der Waals surface area contributed by atoms with Gasteiger partial charge in [0.25, 0.3) is 15.7 Å². The predicted molar refractivity (Wildman–Crippen MR) is 95.6 cm³/mol. The van der Waals surface area contributed by atoms with Crippen LogP contribution in [-0.2, 0) is 10.0 Å². The number of nitro groups is 1. The van der Waals surface area contributed by atoms with Crippen LogP contribution in [0.15, 0.2) is 47.4 Å². The minimum atomic E-state index is -4.10. The SMILES string of the molecule is CCC(C)c1ccc(NS(=O)(=O)c2ccc(OC)cc2[N+](=O)[O-])cc1. The molecule has 0 saturated heterocycles. The average Bonchev–Trinajstić information content (AvgIpc) is 2.60. The van der Waals surface area contributed by atoms with E-state index in [0.29, 0.717) is 11.6 Å². The molecule has 0 aromatic heterocycles. The minimum absolute atomic E-state index is 0.212. The van der Waals surface area contributed by atoms with Gasteiger partial charge in [0.05, 0.1) is 18.1 Å². The van der Waals surface area contributed by atoms with E-state index in [2.05, 4.69) is 18.6 Å². The van der Waals surface area contributed by atoms with Crippen molar-refractivity contribution in [3.05, 3.63) is 58.1 Å². The van der Waals surface area contributed by atoms with E-state index < -0.39 is 25.5 Å². The summed E-state index contributed by atoms with van der Waals surface area (Å²) in [6, 6.07) is 10.6. The highest BCUT2D eigenvalue weighted by molar-refractivity contribution is 7.92. The number of hydrogen-bond donors (Lipinski definition) is 1. The Bertz CT molecular complexity index is 863. The van der Waals surface area contributed by atoms with Crippen LogP contribution in [0.3, 0.4) is 0 Å². The predicted octanol–water partition coefficient (Wildman–Crippen LogP) is 3.92. The maximum atomic E-state index is 12.5. The quantitative estimate of drug-likeness (QED) is 0.593. The van der Waals surface area contributed by atoms with Gasteiger partial charge in [-0.15, -0.1) is 0 Å². The molecular weight excluding hydrogens is 344 g/mol. The first-order chi connectivity index (χ1) is 11.8. The molecule has 1 atom stereocenters. The van der Waals surface area contributed by atoms with E-state index in [1.54, 1.807) is 12.1 Å². The van der Waals surface area contributed by atoms with Gasteiger partial charge in [-0.3, -0.25) is 14.8 Å². The molecule has 2 rings (SSSR count). The fourth-order valence-corrected chi connectivity index (χ4v) is 3.53. The molecule has 8 heteroatoms. The molecule has 134 valence electrons. The summed E-state index contributed by atoms with van der Waals surface area (Å²) < 4.78 is 32.4. The Morgan fingerprint density at radius 3 is 2.36 bits per heavy atom. The molecule has 1 unspecified atom stereocenters. The van der Waals surface area contributed by atoms with E-state index in [9.17, 15) is 18.5 Å². The van der Waals surface area contributed by atoms with Gasteiger partial charge in [0.15, 0.2) is 4.90 Å². The molecule has 1 N–H and O–H groups in total. The number of sulfonamides is 1. The van der Waals surface area contributed by atoms with Gasteiger partial charge in [0, 0.05) is 5.69 Å². The second-order valence-corrected chi connectivity index (χ2v) is 7.28. The van der Waals surface area contributed by atoms with Crippen molar-refractivity contribution in [1.82, 2.24) is 0 Å². The van der Waals surface area contributed by atoms with E-state index in [1.165, 1.54) is 13.2 Å². The van der Waals surface area contributed by atoms with Gasteiger partial charge >= 0.3 is 0 Å². The fourth-order valence-electron chi connectivity index (χ4n) is 2.32. The van der Waals surface area contributed by atoms with Crippen LogP contribution in [0, 0.1) is 10.1 Å². The van der Waals surface area contributed by atoms with E-state index in [4.69, 9.17) is 4.74 Å². The van der Waals surface area contributed by atoms with Crippen LogP contribution in [0.25, 0.3) is 0 Å². The van der Waals surface area contributed by atoms with Crippen molar-refractivity contribution in [2.24, 2.45) is 0 Å². The molecular formula is C17H20N2O5S. The number of nitrogens with zero attached hydrogens (tertiary/aromatic N) is 1. The van der Waals surface area contributed by atoms with Crippen LogP contribution in [-0.4, -0.2) is 20.5 Å². The van der Waals surface area contributed by atoms with Gasteiger partial charge in [-0.05, 0) is 42.2 Å². The van der Waals surface area contributed by atoms with Gasteiger partial charge in [0.1, 0.15) is 5.75 Å². The zero-order valence-electron chi connectivity index (χ0n) is 14.2. The number of anilines is 1. The lowest BCUT2D eigenvalue weighted by molar-refractivity contribution is -0.387. The highest BCUT2D eigenvalue weighted by Gasteiger charge is 2.26. The summed E-state index contributed by atoms with van der Waals surface area (Å²) in [6.07, 6.45) is 0.975. The third kappa shape index (κ3) is 4.27. The number of benzene rings is 2. The first kappa shape index (κ1) is 18.7. The van der Waals surface area contributed by atoms with Gasteiger partial charge in [-0.2, -0.15) is 0 Å². The average molecular weight is 364 g/mol. The first-order valence-electron chi connectivity index (χ1n) is 7.73. The second kappa shape index (κ2) is 7.52. The molecule has 25 heavy (non-hydrogen) atoms. The number of ether oxygens (including phenoxy) is 1.